The van der Waals surface area contributed by atoms with Crippen LogP contribution in [0.4, 0.5) is 0 Å². The molecule has 0 aromatic rings. The molecule has 1 N–H and O–H groups in total. The molecule has 2 fully saturated rings. The second kappa shape index (κ2) is 2.56. The second-order valence-corrected chi connectivity index (χ2v) is 4.55. The summed E-state index contributed by atoms with van der Waals surface area (Å²) in [6.07, 6.45) is 1.55. The number of hydrogen-bond acceptors (Lipinski definition) is 3. The van der Waals surface area contributed by atoms with Crippen LogP contribution < -0.4 is 0 Å². The highest BCUT2D eigenvalue weighted by molar-refractivity contribution is 5.12. The van der Waals surface area contributed by atoms with Crippen LogP contribution in [0.25, 0.3) is 0 Å². The molecule has 13 heavy (non-hydrogen) atoms. The van der Waals surface area contributed by atoms with Crippen LogP contribution in [0.3, 0.4) is 0 Å². The van der Waals surface area contributed by atoms with E-state index >= 15 is 0 Å². The van der Waals surface area contributed by atoms with Crippen LogP contribution in [0.5, 0.6) is 0 Å². The highest BCUT2D eigenvalue weighted by Crippen LogP contribution is 2.46. The van der Waals surface area contributed by atoms with Gasteiger partial charge in [0.05, 0.1) is 12.2 Å². The van der Waals surface area contributed by atoms with Gasteiger partial charge < -0.3 is 14.6 Å². The largest absolute Gasteiger partial charge is 0.387 e. The Hall–Kier alpha value is -0.380. The molecule has 0 aromatic heterocycles. The lowest BCUT2D eigenvalue weighted by Gasteiger charge is -2.41. The molecule has 2 aliphatic heterocycles. The Bertz CT molecular complexity index is 230. The maximum Gasteiger partial charge on any atom is 0.123 e. The Kier molecular flexibility index (Phi) is 1.81. The van der Waals surface area contributed by atoms with Crippen LogP contribution >= 0.6 is 0 Å². The Morgan fingerprint density at radius 1 is 1.54 bits per heavy atom. The summed E-state index contributed by atoms with van der Waals surface area (Å²) < 4.78 is 11.0. The molecule has 2 heterocycles. The molecule has 0 amide bonds. The summed E-state index contributed by atoms with van der Waals surface area (Å²) in [6, 6.07) is 0. The van der Waals surface area contributed by atoms with E-state index in [1.165, 1.54) is 0 Å². The summed E-state index contributed by atoms with van der Waals surface area (Å²) in [6.45, 7) is 8.32. The standard InChI is InChI=1S/C10H16O3/c1-4-7-8(11)10(6-12-10)5-9(2,3)13-7/h4,7-8,11H,1,5-6H2,2-3H3. The Labute approximate surface area is 78.3 Å². The number of aliphatic hydroxyl groups excluding tert-OH is 1. The predicted octanol–water partition coefficient (Wildman–Crippen LogP) is 0.870. The summed E-state index contributed by atoms with van der Waals surface area (Å²) in [7, 11) is 0. The fourth-order valence-corrected chi connectivity index (χ4v) is 2.14. The van der Waals surface area contributed by atoms with Crippen LogP contribution in [0.2, 0.25) is 0 Å². The Morgan fingerprint density at radius 2 is 2.15 bits per heavy atom. The molecule has 3 nitrogen and oxygen atoms in total. The summed E-state index contributed by atoms with van der Waals surface area (Å²) in [5.41, 5.74) is -0.574. The van der Waals surface area contributed by atoms with Crippen LogP contribution in [-0.4, -0.2) is 35.1 Å². The lowest BCUT2D eigenvalue weighted by Crippen LogP contribution is -2.53. The fraction of sp³-hybridized carbons (Fsp3) is 0.800. The maximum atomic E-state index is 9.87. The SMILES string of the molecule is C=CC1OC(C)(C)CC2(CO2)C1O. The van der Waals surface area contributed by atoms with Gasteiger partial charge in [0.2, 0.25) is 0 Å². The van der Waals surface area contributed by atoms with Crippen molar-refractivity contribution < 1.29 is 14.6 Å². The van der Waals surface area contributed by atoms with Gasteiger partial charge in [0.15, 0.2) is 0 Å². The van der Waals surface area contributed by atoms with Gasteiger partial charge in [-0.2, -0.15) is 0 Å². The van der Waals surface area contributed by atoms with E-state index in [1.54, 1.807) is 6.08 Å². The fourth-order valence-electron chi connectivity index (χ4n) is 2.14. The monoisotopic (exact) mass is 184 g/mol. The third-order valence-corrected chi connectivity index (χ3v) is 2.78. The normalized spacial score (nSPS) is 47.6. The van der Waals surface area contributed by atoms with Gasteiger partial charge in [0, 0.05) is 6.42 Å². The van der Waals surface area contributed by atoms with E-state index in [1.807, 2.05) is 13.8 Å². The van der Waals surface area contributed by atoms with E-state index < -0.39 is 6.10 Å². The smallest absolute Gasteiger partial charge is 0.123 e. The summed E-state index contributed by atoms with van der Waals surface area (Å²) in [5, 5.41) is 9.87. The Morgan fingerprint density at radius 3 is 2.62 bits per heavy atom. The first-order valence-corrected chi connectivity index (χ1v) is 4.62. The zero-order valence-corrected chi connectivity index (χ0v) is 8.12. The summed E-state index contributed by atoms with van der Waals surface area (Å²) >= 11 is 0. The van der Waals surface area contributed by atoms with Crippen molar-refractivity contribution >= 4 is 0 Å². The Balaban J connectivity index is 2.20. The second-order valence-electron chi connectivity index (χ2n) is 4.55. The van der Waals surface area contributed by atoms with Gasteiger partial charge in [-0.05, 0) is 13.8 Å². The van der Waals surface area contributed by atoms with Crippen molar-refractivity contribution in [3.63, 3.8) is 0 Å². The van der Waals surface area contributed by atoms with Crippen LogP contribution in [0.1, 0.15) is 20.3 Å². The minimum absolute atomic E-state index is 0.228. The number of rotatable bonds is 1. The molecule has 0 saturated carbocycles. The van der Waals surface area contributed by atoms with E-state index in [2.05, 4.69) is 6.58 Å². The van der Waals surface area contributed by atoms with Gasteiger partial charge in [-0.15, -0.1) is 6.58 Å². The molecule has 0 radical (unpaired) electrons. The number of ether oxygens (including phenoxy) is 2. The van der Waals surface area contributed by atoms with Crippen molar-refractivity contribution in [3.8, 4) is 0 Å². The lowest BCUT2D eigenvalue weighted by atomic mass is 9.83. The van der Waals surface area contributed by atoms with E-state index in [9.17, 15) is 5.11 Å². The van der Waals surface area contributed by atoms with Crippen molar-refractivity contribution in [2.45, 2.75) is 43.7 Å². The molecular weight excluding hydrogens is 168 g/mol. The third kappa shape index (κ3) is 1.41. The first-order chi connectivity index (χ1) is 5.99. The number of hydrogen-bond donors (Lipinski definition) is 1. The lowest BCUT2D eigenvalue weighted by molar-refractivity contribution is -0.171. The molecule has 3 unspecified atom stereocenters. The average Bonchev–Trinajstić information content (AvgIpc) is 2.77. The molecule has 2 aliphatic rings. The highest BCUT2D eigenvalue weighted by atomic mass is 16.6. The molecule has 0 aromatic carbocycles. The molecule has 2 saturated heterocycles. The van der Waals surface area contributed by atoms with Crippen molar-refractivity contribution in [1.29, 1.82) is 0 Å². The molecule has 1 spiro atoms. The average molecular weight is 184 g/mol. The molecule has 3 atom stereocenters. The van der Waals surface area contributed by atoms with Gasteiger partial charge in [-0.3, -0.25) is 0 Å². The van der Waals surface area contributed by atoms with Gasteiger partial charge in [0.25, 0.3) is 0 Å². The summed E-state index contributed by atoms with van der Waals surface area (Å²) in [5.74, 6) is 0. The summed E-state index contributed by atoms with van der Waals surface area (Å²) in [4.78, 5) is 0. The van der Waals surface area contributed by atoms with Crippen molar-refractivity contribution in [3.05, 3.63) is 12.7 Å². The van der Waals surface area contributed by atoms with Crippen LogP contribution in [0, 0.1) is 0 Å². The molecule has 0 bridgehead atoms. The molecular formula is C10H16O3. The van der Waals surface area contributed by atoms with E-state index in [0.29, 0.717) is 6.61 Å². The van der Waals surface area contributed by atoms with Crippen LogP contribution in [-0.2, 0) is 9.47 Å². The van der Waals surface area contributed by atoms with Gasteiger partial charge in [-0.25, -0.2) is 0 Å². The van der Waals surface area contributed by atoms with E-state index in [4.69, 9.17) is 9.47 Å². The zero-order valence-electron chi connectivity index (χ0n) is 8.12. The van der Waals surface area contributed by atoms with E-state index in [0.717, 1.165) is 6.42 Å². The number of aliphatic hydroxyl groups is 1. The van der Waals surface area contributed by atoms with Crippen LogP contribution in [0.15, 0.2) is 12.7 Å². The van der Waals surface area contributed by atoms with Crippen molar-refractivity contribution in [1.82, 2.24) is 0 Å². The third-order valence-electron chi connectivity index (χ3n) is 2.78. The molecule has 2 rings (SSSR count). The van der Waals surface area contributed by atoms with E-state index in [-0.39, 0.29) is 17.3 Å². The molecule has 0 aliphatic carbocycles. The molecule has 74 valence electrons. The topological polar surface area (TPSA) is 42.0 Å². The maximum absolute atomic E-state index is 9.87. The zero-order chi connectivity index (χ0) is 9.69. The van der Waals surface area contributed by atoms with Gasteiger partial charge in [0.1, 0.15) is 17.8 Å². The van der Waals surface area contributed by atoms with Gasteiger partial charge in [-0.1, -0.05) is 6.08 Å². The quantitative estimate of drug-likeness (QED) is 0.485. The van der Waals surface area contributed by atoms with Crippen molar-refractivity contribution in [2.75, 3.05) is 6.61 Å². The minimum atomic E-state index is -0.557. The predicted molar refractivity (Wildman–Crippen MR) is 48.5 cm³/mol. The number of epoxide rings is 1. The first-order valence-electron chi connectivity index (χ1n) is 4.62. The minimum Gasteiger partial charge on any atom is -0.387 e. The van der Waals surface area contributed by atoms with Crippen molar-refractivity contribution in [2.24, 2.45) is 0 Å². The van der Waals surface area contributed by atoms with Gasteiger partial charge >= 0.3 is 0 Å². The highest BCUT2D eigenvalue weighted by Gasteiger charge is 2.60. The first kappa shape index (κ1) is 9.19. The molecule has 3 heteroatoms.